The van der Waals surface area contributed by atoms with Crippen molar-refractivity contribution in [1.82, 2.24) is 0 Å². The molecule has 0 bridgehead atoms. The molecule has 0 spiro atoms. The molecule has 0 saturated heterocycles. The van der Waals surface area contributed by atoms with Crippen LogP contribution in [0.3, 0.4) is 0 Å². The second kappa shape index (κ2) is 4.08. The lowest BCUT2D eigenvalue weighted by atomic mass is 9.99. The molecule has 0 aliphatic rings. The highest BCUT2D eigenvalue weighted by molar-refractivity contribution is 5.68. The number of hydrogen-bond donors (Lipinski definition) is 1. The number of nitrogens with zero attached hydrogens (tertiary/aromatic N) is 1. The number of rotatable bonds is 1. The molecule has 2 rings (SSSR count). The Bertz CT molecular complexity index is 550. The van der Waals surface area contributed by atoms with Crippen LogP contribution in [0.15, 0.2) is 42.5 Å². The standard InChI is InChI=1S/C14H11NO/c1-10-8-11(9-15)2-7-14(10)12-3-5-13(16)6-4-12/h2-8,16H,1H3. The maximum atomic E-state index is 9.21. The number of nitriles is 1. The fraction of sp³-hybridized carbons (Fsp3) is 0.0714. The summed E-state index contributed by atoms with van der Waals surface area (Å²) in [6, 6.07) is 14.8. The third kappa shape index (κ3) is 1.89. The normalized spacial score (nSPS) is 9.75. The molecule has 0 amide bonds. The van der Waals surface area contributed by atoms with E-state index in [0.717, 1.165) is 16.7 Å². The van der Waals surface area contributed by atoms with Crippen LogP contribution in [0, 0.1) is 18.3 Å². The van der Waals surface area contributed by atoms with Crippen LogP contribution >= 0.6 is 0 Å². The summed E-state index contributed by atoms with van der Waals surface area (Å²) >= 11 is 0. The van der Waals surface area contributed by atoms with Gasteiger partial charge in [-0.15, -0.1) is 0 Å². The van der Waals surface area contributed by atoms with Gasteiger partial charge in [0.1, 0.15) is 5.75 Å². The zero-order valence-corrected chi connectivity index (χ0v) is 8.94. The number of phenolic OH excluding ortho intramolecular Hbond substituents is 1. The average Bonchev–Trinajstić information content (AvgIpc) is 2.30. The fourth-order valence-electron chi connectivity index (χ4n) is 1.70. The maximum Gasteiger partial charge on any atom is 0.115 e. The molecule has 0 atom stereocenters. The van der Waals surface area contributed by atoms with Gasteiger partial charge in [0.05, 0.1) is 11.6 Å². The molecule has 0 saturated carbocycles. The van der Waals surface area contributed by atoms with Crippen LogP contribution in [0.4, 0.5) is 0 Å². The lowest BCUT2D eigenvalue weighted by molar-refractivity contribution is 0.475. The van der Waals surface area contributed by atoms with Gasteiger partial charge in [-0.05, 0) is 47.9 Å². The first-order valence-electron chi connectivity index (χ1n) is 5.01. The molecule has 0 unspecified atom stereocenters. The van der Waals surface area contributed by atoms with Gasteiger partial charge in [0.2, 0.25) is 0 Å². The molecule has 2 aromatic rings. The maximum absolute atomic E-state index is 9.21. The molecule has 0 radical (unpaired) electrons. The Morgan fingerprint density at radius 3 is 2.31 bits per heavy atom. The van der Waals surface area contributed by atoms with Gasteiger partial charge in [0.15, 0.2) is 0 Å². The average molecular weight is 209 g/mol. The second-order valence-corrected chi connectivity index (χ2v) is 3.69. The first-order chi connectivity index (χ1) is 7.70. The Kier molecular flexibility index (Phi) is 2.61. The van der Waals surface area contributed by atoms with Crippen LogP contribution < -0.4 is 0 Å². The summed E-state index contributed by atoms with van der Waals surface area (Å²) in [5.41, 5.74) is 3.85. The van der Waals surface area contributed by atoms with Crippen LogP contribution in [0.25, 0.3) is 11.1 Å². The van der Waals surface area contributed by atoms with Gasteiger partial charge in [0, 0.05) is 0 Å². The van der Waals surface area contributed by atoms with Gasteiger partial charge < -0.3 is 5.11 Å². The van der Waals surface area contributed by atoms with E-state index < -0.39 is 0 Å². The second-order valence-electron chi connectivity index (χ2n) is 3.69. The highest BCUT2D eigenvalue weighted by Gasteiger charge is 2.02. The highest BCUT2D eigenvalue weighted by Crippen LogP contribution is 2.25. The summed E-state index contributed by atoms with van der Waals surface area (Å²) < 4.78 is 0. The van der Waals surface area contributed by atoms with Gasteiger partial charge >= 0.3 is 0 Å². The van der Waals surface area contributed by atoms with E-state index in [1.54, 1.807) is 18.2 Å². The molecular weight excluding hydrogens is 198 g/mol. The SMILES string of the molecule is Cc1cc(C#N)ccc1-c1ccc(O)cc1. The van der Waals surface area contributed by atoms with Crippen molar-refractivity contribution in [3.63, 3.8) is 0 Å². The van der Waals surface area contributed by atoms with Crippen molar-refractivity contribution < 1.29 is 5.11 Å². The predicted molar refractivity (Wildman–Crippen MR) is 63.0 cm³/mol. The summed E-state index contributed by atoms with van der Waals surface area (Å²) in [6.45, 7) is 1.98. The smallest absolute Gasteiger partial charge is 0.115 e. The van der Waals surface area contributed by atoms with E-state index in [-0.39, 0.29) is 5.75 Å². The van der Waals surface area contributed by atoms with Crippen molar-refractivity contribution in [2.45, 2.75) is 6.92 Å². The Balaban J connectivity index is 2.49. The van der Waals surface area contributed by atoms with Crippen molar-refractivity contribution in [2.24, 2.45) is 0 Å². The first kappa shape index (κ1) is 10.3. The van der Waals surface area contributed by atoms with Crippen LogP contribution in [-0.2, 0) is 0 Å². The van der Waals surface area contributed by atoms with Gasteiger partial charge in [-0.3, -0.25) is 0 Å². The molecular formula is C14H11NO. The van der Waals surface area contributed by atoms with Gasteiger partial charge in [-0.25, -0.2) is 0 Å². The van der Waals surface area contributed by atoms with Crippen LogP contribution in [0.1, 0.15) is 11.1 Å². The van der Waals surface area contributed by atoms with Crippen molar-refractivity contribution in [1.29, 1.82) is 5.26 Å². The molecule has 0 fully saturated rings. The summed E-state index contributed by atoms with van der Waals surface area (Å²) in [4.78, 5) is 0. The van der Waals surface area contributed by atoms with Gasteiger partial charge in [-0.2, -0.15) is 5.26 Å². The molecule has 2 heteroatoms. The number of benzene rings is 2. The Morgan fingerprint density at radius 2 is 1.75 bits per heavy atom. The van der Waals surface area contributed by atoms with Crippen molar-refractivity contribution in [2.75, 3.05) is 0 Å². The topological polar surface area (TPSA) is 44.0 Å². The van der Waals surface area contributed by atoms with E-state index in [2.05, 4.69) is 6.07 Å². The summed E-state index contributed by atoms with van der Waals surface area (Å²) in [5, 5.41) is 18.0. The minimum atomic E-state index is 0.259. The number of hydrogen-bond acceptors (Lipinski definition) is 2. The highest BCUT2D eigenvalue weighted by atomic mass is 16.3. The van der Waals surface area contributed by atoms with Crippen molar-refractivity contribution in [3.8, 4) is 22.9 Å². The quantitative estimate of drug-likeness (QED) is 0.783. The lowest BCUT2D eigenvalue weighted by Gasteiger charge is -2.06. The van der Waals surface area contributed by atoms with E-state index in [1.165, 1.54) is 0 Å². The lowest BCUT2D eigenvalue weighted by Crippen LogP contribution is -1.84. The number of aromatic hydroxyl groups is 1. The van der Waals surface area contributed by atoms with Crippen molar-refractivity contribution >= 4 is 0 Å². The molecule has 1 N–H and O–H groups in total. The summed E-state index contributed by atoms with van der Waals surface area (Å²) in [7, 11) is 0. The molecule has 2 aromatic carbocycles. The van der Waals surface area contributed by atoms with Crippen molar-refractivity contribution in [3.05, 3.63) is 53.6 Å². The zero-order chi connectivity index (χ0) is 11.5. The van der Waals surface area contributed by atoms with Crippen LogP contribution in [-0.4, -0.2) is 5.11 Å². The summed E-state index contributed by atoms with van der Waals surface area (Å²) in [6.07, 6.45) is 0. The predicted octanol–water partition coefficient (Wildman–Crippen LogP) is 3.24. The molecule has 2 nitrogen and oxygen atoms in total. The Morgan fingerprint density at radius 1 is 1.06 bits per heavy atom. The zero-order valence-electron chi connectivity index (χ0n) is 8.94. The van der Waals surface area contributed by atoms with E-state index >= 15 is 0 Å². The van der Waals surface area contributed by atoms with E-state index in [0.29, 0.717) is 5.56 Å². The largest absolute Gasteiger partial charge is 0.508 e. The third-order valence-electron chi connectivity index (χ3n) is 2.53. The Hall–Kier alpha value is -2.27. The molecule has 0 heterocycles. The molecule has 78 valence electrons. The van der Waals surface area contributed by atoms with Gasteiger partial charge in [-0.1, -0.05) is 18.2 Å². The molecule has 16 heavy (non-hydrogen) atoms. The molecule has 0 aromatic heterocycles. The Labute approximate surface area is 94.4 Å². The fourth-order valence-corrected chi connectivity index (χ4v) is 1.70. The molecule has 0 aliphatic carbocycles. The molecule has 0 aliphatic heterocycles. The number of phenols is 1. The van der Waals surface area contributed by atoms with Crippen LogP contribution in [0.5, 0.6) is 5.75 Å². The van der Waals surface area contributed by atoms with E-state index in [9.17, 15) is 5.11 Å². The minimum absolute atomic E-state index is 0.259. The first-order valence-corrected chi connectivity index (χ1v) is 5.01. The summed E-state index contributed by atoms with van der Waals surface area (Å²) in [5.74, 6) is 0.259. The van der Waals surface area contributed by atoms with E-state index in [4.69, 9.17) is 5.26 Å². The third-order valence-corrected chi connectivity index (χ3v) is 2.53. The van der Waals surface area contributed by atoms with Gasteiger partial charge in [0.25, 0.3) is 0 Å². The minimum Gasteiger partial charge on any atom is -0.508 e. The number of aryl methyl sites for hydroxylation is 1. The van der Waals surface area contributed by atoms with Crippen LogP contribution in [0.2, 0.25) is 0 Å². The van der Waals surface area contributed by atoms with E-state index in [1.807, 2.05) is 31.2 Å². The monoisotopic (exact) mass is 209 g/mol.